The Hall–Kier alpha value is -2.67. The summed E-state index contributed by atoms with van der Waals surface area (Å²) >= 11 is 1.50. The van der Waals surface area contributed by atoms with Gasteiger partial charge in [-0.25, -0.2) is 0 Å². The minimum atomic E-state index is 0.0425. The molecule has 0 aliphatic heterocycles. The first-order chi connectivity index (χ1) is 10.2. The number of rotatable bonds is 4. The fourth-order valence-corrected chi connectivity index (χ4v) is 2.33. The summed E-state index contributed by atoms with van der Waals surface area (Å²) in [6, 6.07) is 18.6. The predicted octanol–water partition coefficient (Wildman–Crippen LogP) is 2.95. The van der Waals surface area contributed by atoms with Gasteiger partial charge in [0.05, 0.1) is 17.4 Å². The zero-order valence-electron chi connectivity index (χ0n) is 11.0. The molecule has 0 spiro atoms. The highest BCUT2D eigenvalue weighted by Gasteiger charge is 2.07. The van der Waals surface area contributed by atoms with Gasteiger partial charge in [-0.2, -0.15) is 14.9 Å². The molecule has 0 atom stereocenters. The van der Waals surface area contributed by atoms with E-state index in [1.807, 2.05) is 36.4 Å². The van der Waals surface area contributed by atoms with Crippen molar-refractivity contribution in [3.05, 3.63) is 65.7 Å². The number of hydrogen-bond donors (Lipinski definition) is 0. The highest BCUT2D eigenvalue weighted by molar-refractivity contribution is 8.00. The monoisotopic (exact) mass is 297 g/mol. The fourth-order valence-electron chi connectivity index (χ4n) is 1.51. The summed E-state index contributed by atoms with van der Waals surface area (Å²) in [7, 11) is 0. The van der Waals surface area contributed by atoms with E-state index >= 15 is 0 Å². The summed E-state index contributed by atoms with van der Waals surface area (Å²) in [6.45, 7) is 0. The molecule has 21 heavy (non-hydrogen) atoms. The summed E-state index contributed by atoms with van der Waals surface area (Å²) in [5.41, 5.74) is 1.11. The molecule has 0 radical (unpaired) electrons. The Kier molecular flexibility index (Phi) is 7.23. The van der Waals surface area contributed by atoms with Gasteiger partial charge in [-0.1, -0.05) is 30.3 Å². The standard InChI is InChI=1S/C15H11NOS.CO2/c16-10-12-5-4-6-13(9-12)15(17)11-18-14-7-2-1-3-8-14;2-1-3/h1-9H,11H2;. The fraction of sp³-hybridized carbons (Fsp3) is 0.0625. The van der Waals surface area contributed by atoms with Crippen molar-refractivity contribution in [3.63, 3.8) is 0 Å². The van der Waals surface area contributed by atoms with E-state index in [9.17, 15) is 4.79 Å². The van der Waals surface area contributed by atoms with Crippen molar-refractivity contribution >= 4 is 23.7 Å². The number of nitrogens with zero attached hydrogens (tertiary/aromatic N) is 1. The third kappa shape index (κ3) is 5.87. The number of carbonyl (C=O) groups is 1. The molecule has 0 unspecified atom stereocenters. The molecule has 2 aromatic rings. The molecule has 0 N–H and O–H groups in total. The number of hydrogen-bond acceptors (Lipinski definition) is 5. The maximum absolute atomic E-state index is 12.0. The minimum absolute atomic E-state index is 0.0425. The Morgan fingerprint density at radius 1 is 1.05 bits per heavy atom. The molecule has 2 aromatic carbocycles. The van der Waals surface area contributed by atoms with Gasteiger partial charge in [-0.3, -0.25) is 4.79 Å². The maximum atomic E-state index is 12.0. The van der Waals surface area contributed by atoms with E-state index in [0.29, 0.717) is 16.9 Å². The van der Waals surface area contributed by atoms with Crippen LogP contribution in [-0.2, 0) is 9.59 Å². The van der Waals surface area contributed by atoms with Crippen LogP contribution in [0.3, 0.4) is 0 Å². The van der Waals surface area contributed by atoms with Gasteiger partial charge in [-0.15, -0.1) is 11.8 Å². The maximum Gasteiger partial charge on any atom is 0.373 e. The summed E-state index contributed by atoms with van der Waals surface area (Å²) in [5.74, 6) is 0.430. The van der Waals surface area contributed by atoms with Gasteiger partial charge >= 0.3 is 6.15 Å². The van der Waals surface area contributed by atoms with Crippen molar-refractivity contribution < 1.29 is 14.4 Å². The Bertz CT molecular complexity index is 671. The van der Waals surface area contributed by atoms with E-state index in [1.54, 1.807) is 24.3 Å². The van der Waals surface area contributed by atoms with Crippen molar-refractivity contribution in [2.45, 2.75) is 4.90 Å². The molecule has 4 nitrogen and oxygen atoms in total. The normalized spacial score (nSPS) is 8.71. The van der Waals surface area contributed by atoms with Crippen LogP contribution in [0.15, 0.2) is 59.5 Å². The van der Waals surface area contributed by atoms with Crippen molar-refractivity contribution in [1.82, 2.24) is 0 Å². The van der Waals surface area contributed by atoms with Crippen LogP contribution in [0.5, 0.6) is 0 Å². The van der Waals surface area contributed by atoms with Crippen LogP contribution in [0.4, 0.5) is 0 Å². The molecule has 0 aliphatic rings. The Labute approximate surface area is 126 Å². The molecule has 0 saturated heterocycles. The predicted molar refractivity (Wildman–Crippen MR) is 77.7 cm³/mol. The number of ketones is 1. The van der Waals surface area contributed by atoms with Crippen LogP contribution >= 0.6 is 11.8 Å². The van der Waals surface area contributed by atoms with Gasteiger partial charge < -0.3 is 0 Å². The summed E-state index contributed by atoms with van der Waals surface area (Å²) in [6.07, 6.45) is 0.250. The molecule has 0 bridgehead atoms. The number of thioether (sulfide) groups is 1. The minimum Gasteiger partial charge on any atom is -0.293 e. The van der Waals surface area contributed by atoms with E-state index in [2.05, 4.69) is 0 Å². The number of benzene rings is 2. The van der Waals surface area contributed by atoms with Gasteiger partial charge in [0.1, 0.15) is 0 Å². The Morgan fingerprint density at radius 3 is 2.33 bits per heavy atom. The van der Waals surface area contributed by atoms with Gasteiger partial charge in [0.15, 0.2) is 5.78 Å². The first-order valence-corrected chi connectivity index (χ1v) is 6.90. The topological polar surface area (TPSA) is 75.0 Å². The van der Waals surface area contributed by atoms with Crippen LogP contribution in [0.1, 0.15) is 15.9 Å². The first kappa shape index (κ1) is 16.4. The average molecular weight is 297 g/mol. The van der Waals surface area contributed by atoms with Crippen molar-refractivity contribution in [1.29, 1.82) is 5.26 Å². The average Bonchev–Trinajstić information content (AvgIpc) is 2.54. The second-order valence-electron chi connectivity index (χ2n) is 3.80. The zero-order valence-corrected chi connectivity index (χ0v) is 11.8. The first-order valence-electron chi connectivity index (χ1n) is 5.91. The van der Waals surface area contributed by atoms with Crippen molar-refractivity contribution in [2.24, 2.45) is 0 Å². The lowest BCUT2D eigenvalue weighted by Crippen LogP contribution is -2.02. The van der Waals surface area contributed by atoms with Gasteiger partial charge in [0, 0.05) is 10.5 Å². The highest BCUT2D eigenvalue weighted by atomic mass is 32.2. The van der Waals surface area contributed by atoms with Crippen LogP contribution in [0, 0.1) is 11.3 Å². The molecule has 0 fully saturated rings. The largest absolute Gasteiger partial charge is 0.373 e. The molecule has 5 heteroatoms. The van der Waals surface area contributed by atoms with Gasteiger partial charge in [-0.05, 0) is 24.3 Å². The molecule has 104 valence electrons. The molecule has 0 aliphatic carbocycles. The lowest BCUT2D eigenvalue weighted by atomic mass is 10.1. The Balaban J connectivity index is 0.000000677. The summed E-state index contributed by atoms with van der Waals surface area (Å²) < 4.78 is 0. The number of nitriles is 1. The summed E-state index contributed by atoms with van der Waals surface area (Å²) in [4.78, 5) is 29.3. The van der Waals surface area contributed by atoms with Crippen molar-refractivity contribution in [2.75, 3.05) is 5.75 Å². The SMILES string of the molecule is N#Cc1cccc(C(=O)CSc2ccccc2)c1.O=C=O. The number of carbonyl (C=O) groups excluding carboxylic acids is 3. The third-order valence-corrected chi connectivity index (χ3v) is 3.44. The lowest BCUT2D eigenvalue weighted by Gasteiger charge is -2.01. The smallest absolute Gasteiger partial charge is 0.293 e. The summed E-state index contributed by atoms with van der Waals surface area (Å²) in [5, 5.41) is 8.79. The lowest BCUT2D eigenvalue weighted by molar-refractivity contribution is -0.191. The van der Waals surface area contributed by atoms with E-state index in [-0.39, 0.29) is 11.9 Å². The van der Waals surface area contributed by atoms with Crippen molar-refractivity contribution in [3.8, 4) is 6.07 Å². The van der Waals surface area contributed by atoms with Crippen LogP contribution < -0.4 is 0 Å². The van der Waals surface area contributed by atoms with Crippen LogP contribution in [0.25, 0.3) is 0 Å². The van der Waals surface area contributed by atoms with E-state index in [0.717, 1.165) is 4.90 Å². The molecule has 2 rings (SSSR count). The number of Topliss-reactive ketones (excluding diaryl/α,β-unsaturated/α-hetero) is 1. The van der Waals surface area contributed by atoms with Crippen LogP contribution in [-0.4, -0.2) is 17.7 Å². The highest BCUT2D eigenvalue weighted by Crippen LogP contribution is 2.18. The second-order valence-corrected chi connectivity index (χ2v) is 4.85. The molecule has 0 amide bonds. The molecule has 0 saturated carbocycles. The van der Waals surface area contributed by atoms with Crippen LogP contribution in [0.2, 0.25) is 0 Å². The molecular formula is C16H11NO3S. The zero-order chi connectivity index (χ0) is 15.5. The van der Waals surface area contributed by atoms with Gasteiger partial charge in [0.2, 0.25) is 0 Å². The van der Waals surface area contributed by atoms with Gasteiger partial charge in [0.25, 0.3) is 0 Å². The Morgan fingerprint density at radius 2 is 1.71 bits per heavy atom. The quantitative estimate of drug-likeness (QED) is 0.640. The third-order valence-electron chi connectivity index (χ3n) is 2.43. The molecular weight excluding hydrogens is 286 g/mol. The second kappa shape index (κ2) is 9.27. The molecule has 0 heterocycles. The molecule has 0 aromatic heterocycles. The van der Waals surface area contributed by atoms with E-state index < -0.39 is 0 Å². The van der Waals surface area contributed by atoms with E-state index in [4.69, 9.17) is 14.9 Å². The van der Waals surface area contributed by atoms with E-state index in [1.165, 1.54) is 11.8 Å².